The van der Waals surface area contributed by atoms with E-state index in [2.05, 4.69) is 5.32 Å². The lowest BCUT2D eigenvalue weighted by atomic mass is 10.1. The van der Waals surface area contributed by atoms with Gasteiger partial charge in [0.05, 0.1) is 17.7 Å². The number of benzene rings is 3. The Bertz CT molecular complexity index is 1410. The summed E-state index contributed by atoms with van der Waals surface area (Å²) < 4.78 is 34.0. The molecule has 0 fully saturated rings. The van der Waals surface area contributed by atoms with Gasteiger partial charge >= 0.3 is 0 Å². The fourth-order valence-electron chi connectivity index (χ4n) is 3.99. The summed E-state index contributed by atoms with van der Waals surface area (Å²) in [6, 6.07) is 18.9. The van der Waals surface area contributed by atoms with Gasteiger partial charge in [-0.05, 0) is 81.3 Å². The number of nitrogens with one attached hydrogen (secondary N) is 1. The van der Waals surface area contributed by atoms with Crippen molar-refractivity contribution in [2.45, 2.75) is 57.6 Å². The van der Waals surface area contributed by atoms with Crippen LogP contribution >= 0.6 is 11.6 Å². The maximum Gasteiger partial charge on any atom is 0.264 e. The van der Waals surface area contributed by atoms with Crippen molar-refractivity contribution in [3.63, 3.8) is 0 Å². The minimum absolute atomic E-state index is 0.0469. The van der Waals surface area contributed by atoms with E-state index in [-0.39, 0.29) is 29.1 Å². The second kappa shape index (κ2) is 13.7. The van der Waals surface area contributed by atoms with Crippen molar-refractivity contribution in [3.8, 4) is 5.75 Å². The standard InChI is InChI=1S/C30H36ClN3O5S/c1-6-22(3)32-30(36)23(4)33(19-24-8-7-9-25(31)18-24)29(35)20-34(26-12-14-27(39-5)15-13-26)40(37,38)28-16-10-21(2)11-17-28/h7-18,22-23H,6,19-20H2,1-5H3,(H,32,36)/t22-,23-/m1/s1. The molecule has 0 saturated carbocycles. The molecule has 0 aliphatic carbocycles. The van der Waals surface area contributed by atoms with Gasteiger partial charge in [-0.15, -0.1) is 0 Å². The first-order valence-corrected chi connectivity index (χ1v) is 14.9. The zero-order valence-corrected chi connectivity index (χ0v) is 25.0. The van der Waals surface area contributed by atoms with Gasteiger partial charge in [-0.3, -0.25) is 13.9 Å². The maximum atomic E-state index is 14.0. The lowest BCUT2D eigenvalue weighted by molar-refractivity contribution is -0.139. The van der Waals surface area contributed by atoms with Crippen LogP contribution in [0.15, 0.2) is 77.7 Å². The number of hydrogen-bond donors (Lipinski definition) is 1. The molecule has 1 N–H and O–H groups in total. The molecular weight excluding hydrogens is 550 g/mol. The molecule has 0 unspecified atom stereocenters. The minimum Gasteiger partial charge on any atom is -0.497 e. The fourth-order valence-corrected chi connectivity index (χ4v) is 5.62. The van der Waals surface area contributed by atoms with Gasteiger partial charge in [0.25, 0.3) is 10.0 Å². The van der Waals surface area contributed by atoms with E-state index < -0.39 is 28.5 Å². The first-order chi connectivity index (χ1) is 19.0. The van der Waals surface area contributed by atoms with E-state index in [0.29, 0.717) is 16.3 Å². The Hall–Kier alpha value is -3.56. The topological polar surface area (TPSA) is 96.0 Å². The summed E-state index contributed by atoms with van der Waals surface area (Å²) >= 11 is 6.18. The van der Waals surface area contributed by atoms with Gasteiger partial charge in [-0.1, -0.05) is 48.4 Å². The zero-order valence-electron chi connectivity index (χ0n) is 23.4. The molecule has 0 radical (unpaired) electrons. The number of halogens is 1. The van der Waals surface area contributed by atoms with Crippen LogP contribution in [0.25, 0.3) is 0 Å². The van der Waals surface area contributed by atoms with E-state index in [9.17, 15) is 18.0 Å². The molecule has 40 heavy (non-hydrogen) atoms. The molecule has 3 aromatic rings. The number of amides is 2. The van der Waals surface area contributed by atoms with E-state index in [0.717, 1.165) is 16.3 Å². The molecule has 8 nitrogen and oxygen atoms in total. The van der Waals surface area contributed by atoms with Gasteiger partial charge in [-0.2, -0.15) is 0 Å². The maximum absolute atomic E-state index is 14.0. The first-order valence-electron chi connectivity index (χ1n) is 13.0. The van der Waals surface area contributed by atoms with E-state index >= 15 is 0 Å². The second-order valence-corrected chi connectivity index (χ2v) is 12.0. The average Bonchev–Trinajstić information content (AvgIpc) is 2.94. The third-order valence-corrected chi connectivity index (χ3v) is 8.68. The quantitative estimate of drug-likeness (QED) is 0.316. The summed E-state index contributed by atoms with van der Waals surface area (Å²) in [5.41, 5.74) is 1.90. The van der Waals surface area contributed by atoms with Crippen molar-refractivity contribution in [1.29, 1.82) is 0 Å². The van der Waals surface area contributed by atoms with Crippen molar-refractivity contribution in [2.24, 2.45) is 0 Å². The molecule has 0 saturated heterocycles. The highest BCUT2D eigenvalue weighted by molar-refractivity contribution is 7.92. The van der Waals surface area contributed by atoms with Gasteiger partial charge < -0.3 is 15.0 Å². The Kier molecular flexibility index (Phi) is 10.6. The number of sulfonamides is 1. The third-order valence-electron chi connectivity index (χ3n) is 6.66. The predicted octanol–water partition coefficient (Wildman–Crippen LogP) is 5.18. The van der Waals surface area contributed by atoms with E-state index in [4.69, 9.17) is 16.3 Å². The van der Waals surface area contributed by atoms with Crippen LogP contribution in [0.4, 0.5) is 5.69 Å². The number of aryl methyl sites for hydroxylation is 1. The van der Waals surface area contributed by atoms with Crippen molar-refractivity contribution in [2.75, 3.05) is 18.0 Å². The van der Waals surface area contributed by atoms with Crippen LogP contribution < -0.4 is 14.4 Å². The van der Waals surface area contributed by atoms with Gasteiger partial charge in [0, 0.05) is 17.6 Å². The largest absolute Gasteiger partial charge is 0.497 e. The Balaban J connectivity index is 2.03. The molecule has 0 aliphatic rings. The van der Waals surface area contributed by atoms with E-state index in [1.54, 1.807) is 67.6 Å². The molecule has 0 spiro atoms. The Morgan fingerprint density at radius 2 is 1.65 bits per heavy atom. The molecule has 3 aromatic carbocycles. The molecule has 214 valence electrons. The van der Waals surface area contributed by atoms with Crippen LogP contribution in [-0.4, -0.2) is 50.9 Å². The van der Waals surface area contributed by atoms with E-state index in [1.165, 1.54) is 24.1 Å². The van der Waals surface area contributed by atoms with Crippen LogP contribution in [0, 0.1) is 6.92 Å². The number of carbonyl (C=O) groups is 2. The number of hydrogen-bond acceptors (Lipinski definition) is 5. The Labute approximate surface area is 241 Å². The molecule has 3 rings (SSSR count). The average molecular weight is 586 g/mol. The summed E-state index contributed by atoms with van der Waals surface area (Å²) in [6.45, 7) is 6.87. The third kappa shape index (κ3) is 7.76. The van der Waals surface area contributed by atoms with Gasteiger partial charge in [0.1, 0.15) is 18.3 Å². The van der Waals surface area contributed by atoms with Crippen molar-refractivity contribution in [1.82, 2.24) is 10.2 Å². The summed E-state index contributed by atoms with van der Waals surface area (Å²) in [7, 11) is -2.63. The smallest absolute Gasteiger partial charge is 0.264 e. The van der Waals surface area contributed by atoms with Crippen molar-refractivity contribution >= 4 is 39.1 Å². The highest BCUT2D eigenvalue weighted by Gasteiger charge is 2.32. The fraction of sp³-hybridized carbons (Fsp3) is 0.333. The molecule has 0 heterocycles. The first kappa shape index (κ1) is 31.0. The highest BCUT2D eigenvalue weighted by atomic mass is 35.5. The van der Waals surface area contributed by atoms with Gasteiger partial charge in [0.2, 0.25) is 11.8 Å². The number of ether oxygens (including phenoxy) is 1. The normalized spacial score (nSPS) is 12.8. The van der Waals surface area contributed by atoms with Crippen LogP contribution in [0.5, 0.6) is 5.75 Å². The number of anilines is 1. The van der Waals surface area contributed by atoms with Crippen LogP contribution in [0.1, 0.15) is 38.3 Å². The molecular formula is C30H36ClN3O5S. The summed E-state index contributed by atoms with van der Waals surface area (Å²) in [6.07, 6.45) is 0.723. The second-order valence-electron chi connectivity index (χ2n) is 9.67. The van der Waals surface area contributed by atoms with Gasteiger partial charge in [-0.25, -0.2) is 8.42 Å². The summed E-state index contributed by atoms with van der Waals surface area (Å²) in [5, 5.41) is 3.41. The lowest BCUT2D eigenvalue weighted by Gasteiger charge is -2.32. The highest BCUT2D eigenvalue weighted by Crippen LogP contribution is 2.27. The molecule has 2 atom stereocenters. The number of methoxy groups -OCH3 is 1. The van der Waals surface area contributed by atoms with E-state index in [1.807, 2.05) is 20.8 Å². The minimum atomic E-state index is -4.14. The molecule has 0 bridgehead atoms. The molecule has 2 amide bonds. The molecule has 0 aliphatic heterocycles. The number of nitrogens with zero attached hydrogens (tertiary/aromatic N) is 2. The Morgan fingerprint density at radius 1 is 1.00 bits per heavy atom. The van der Waals surface area contributed by atoms with Crippen LogP contribution in [0.3, 0.4) is 0 Å². The molecule has 10 heteroatoms. The van der Waals surface area contributed by atoms with Crippen molar-refractivity contribution in [3.05, 3.63) is 88.9 Å². The zero-order chi connectivity index (χ0) is 29.4. The number of rotatable bonds is 12. The molecule has 0 aromatic heterocycles. The van der Waals surface area contributed by atoms with Gasteiger partial charge in [0.15, 0.2) is 0 Å². The van der Waals surface area contributed by atoms with Crippen LogP contribution in [-0.2, 0) is 26.2 Å². The van der Waals surface area contributed by atoms with Crippen LogP contribution in [0.2, 0.25) is 5.02 Å². The number of carbonyl (C=O) groups excluding carboxylic acids is 2. The monoisotopic (exact) mass is 585 g/mol. The van der Waals surface area contributed by atoms with Crippen molar-refractivity contribution < 1.29 is 22.7 Å². The Morgan fingerprint density at radius 3 is 2.23 bits per heavy atom. The summed E-state index contributed by atoms with van der Waals surface area (Å²) in [4.78, 5) is 28.5. The SMILES string of the molecule is CC[C@@H](C)NC(=O)[C@@H](C)N(Cc1cccc(Cl)c1)C(=O)CN(c1ccc(OC)cc1)S(=O)(=O)c1ccc(C)cc1. The predicted molar refractivity (Wildman–Crippen MR) is 158 cm³/mol. The lowest BCUT2D eigenvalue weighted by Crippen LogP contribution is -2.52. The summed E-state index contributed by atoms with van der Waals surface area (Å²) in [5.74, 6) is -0.332.